The molecule has 1 aromatic rings. The molecule has 0 spiro atoms. The molecule has 0 amide bonds. The highest BCUT2D eigenvalue weighted by molar-refractivity contribution is 6.09. The number of ketones is 3. The number of benzene rings is 1. The van der Waals surface area contributed by atoms with Crippen LogP contribution < -0.4 is 0 Å². The fourth-order valence-corrected chi connectivity index (χ4v) is 3.33. The lowest BCUT2D eigenvalue weighted by atomic mass is 9.73. The lowest BCUT2D eigenvalue weighted by Gasteiger charge is -2.28. The fraction of sp³-hybridized carbons (Fsp3) is 0.438. The van der Waals surface area contributed by atoms with E-state index in [1.54, 1.807) is 6.92 Å². The summed E-state index contributed by atoms with van der Waals surface area (Å²) in [5, 5.41) is 0. The van der Waals surface area contributed by atoms with E-state index in [0.29, 0.717) is 19.3 Å². The van der Waals surface area contributed by atoms with E-state index in [2.05, 4.69) is 0 Å². The van der Waals surface area contributed by atoms with Crippen LogP contribution in [-0.2, 0) is 16.0 Å². The van der Waals surface area contributed by atoms with Gasteiger partial charge in [-0.15, -0.1) is 0 Å². The molecular formula is C16H16O3. The lowest BCUT2D eigenvalue weighted by molar-refractivity contribution is -0.139. The number of Topliss-reactive ketones (excluding diaryl/α,β-unsaturated/α-hetero) is 3. The van der Waals surface area contributed by atoms with E-state index >= 15 is 0 Å². The predicted molar refractivity (Wildman–Crippen MR) is 69.9 cm³/mol. The molecule has 3 nitrogen and oxygen atoms in total. The van der Waals surface area contributed by atoms with E-state index in [-0.39, 0.29) is 29.2 Å². The highest BCUT2D eigenvalue weighted by Crippen LogP contribution is 2.37. The maximum absolute atomic E-state index is 12.4. The molecule has 1 fully saturated rings. The van der Waals surface area contributed by atoms with Crippen LogP contribution in [0.4, 0.5) is 0 Å². The standard InChI is InChI=1S/C16H16O3/c1-9-14(17)7-6-12(15(9)18)13-8-10-4-2-3-5-11(10)16(13)19/h2-5,9,12-13H,6-8H2,1H3. The first-order chi connectivity index (χ1) is 9.09. The van der Waals surface area contributed by atoms with E-state index in [1.165, 1.54) is 0 Å². The summed E-state index contributed by atoms with van der Waals surface area (Å²) in [6, 6.07) is 7.56. The number of carbonyl (C=O) groups is 3. The van der Waals surface area contributed by atoms with E-state index in [4.69, 9.17) is 0 Å². The van der Waals surface area contributed by atoms with Gasteiger partial charge in [-0.25, -0.2) is 0 Å². The van der Waals surface area contributed by atoms with Crippen LogP contribution in [0.25, 0.3) is 0 Å². The number of fused-ring (bicyclic) bond motifs is 1. The molecule has 1 saturated carbocycles. The SMILES string of the molecule is CC1C(=O)CCC(C2Cc3ccccc3C2=O)C1=O. The molecule has 3 atom stereocenters. The zero-order valence-electron chi connectivity index (χ0n) is 10.9. The normalized spacial score (nSPS) is 30.6. The summed E-state index contributed by atoms with van der Waals surface area (Å²) >= 11 is 0. The Kier molecular flexibility index (Phi) is 2.85. The Morgan fingerprint density at radius 1 is 1.05 bits per heavy atom. The molecule has 98 valence electrons. The van der Waals surface area contributed by atoms with E-state index < -0.39 is 5.92 Å². The van der Waals surface area contributed by atoms with E-state index in [9.17, 15) is 14.4 Å². The fourth-order valence-electron chi connectivity index (χ4n) is 3.33. The quantitative estimate of drug-likeness (QED) is 0.724. The molecule has 3 unspecified atom stereocenters. The van der Waals surface area contributed by atoms with Crippen LogP contribution in [0.3, 0.4) is 0 Å². The van der Waals surface area contributed by atoms with Crippen molar-refractivity contribution in [2.75, 3.05) is 0 Å². The van der Waals surface area contributed by atoms with E-state index in [1.807, 2.05) is 24.3 Å². The van der Waals surface area contributed by atoms with Crippen molar-refractivity contribution >= 4 is 17.3 Å². The molecular weight excluding hydrogens is 240 g/mol. The Hall–Kier alpha value is -1.77. The van der Waals surface area contributed by atoms with Gasteiger partial charge in [0.1, 0.15) is 11.6 Å². The second kappa shape index (κ2) is 4.41. The van der Waals surface area contributed by atoms with Crippen molar-refractivity contribution in [2.45, 2.75) is 26.2 Å². The van der Waals surface area contributed by atoms with Crippen LogP contribution in [0.1, 0.15) is 35.7 Å². The Morgan fingerprint density at radius 2 is 1.79 bits per heavy atom. The largest absolute Gasteiger partial charge is 0.299 e. The third kappa shape index (κ3) is 1.84. The molecule has 0 N–H and O–H groups in total. The summed E-state index contributed by atoms with van der Waals surface area (Å²) in [4.78, 5) is 36.2. The number of hydrogen-bond acceptors (Lipinski definition) is 3. The van der Waals surface area contributed by atoms with Crippen molar-refractivity contribution in [3.05, 3.63) is 35.4 Å². The monoisotopic (exact) mass is 256 g/mol. The third-order valence-corrected chi connectivity index (χ3v) is 4.52. The second-order valence-corrected chi connectivity index (χ2v) is 5.57. The Morgan fingerprint density at radius 3 is 2.53 bits per heavy atom. The summed E-state index contributed by atoms with van der Waals surface area (Å²) in [7, 11) is 0. The van der Waals surface area contributed by atoms with Gasteiger partial charge in [0, 0.05) is 23.8 Å². The Balaban J connectivity index is 1.88. The predicted octanol–water partition coefficient (Wildman–Crippen LogP) is 2.23. The van der Waals surface area contributed by atoms with Crippen LogP contribution >= 0.6 is 0 Å². The van der Waals surface area contributed by atoms with Gasteiger partial charge in [0.15, 0.2) is 5.78 Å². The molecule has 2 aliphatic carbocycles. The molecule has 3 heteroatoms. The Labute approximate surface area is 112 Å². The number of carbonyl (C=O) groups excluding carboxylic acids is 3. The summed E-state index contributed by atoms with van der Waals surface area (Å²) in [6.45, 7) is 1.67. The zero-order valence-corrected chi connectivity index (χ0v) is 10.9. The average molecular weight is 256 g/mol. The summed E-state index contributed by atoms with van der Waals surface area (Å²) < 4.78 is 0. The number of hydrogen-bond donors (Lipinski definition) is 0. The lowest BCUT2D eigenvalue weighted by Crippen LogP contribution is -2.39. The molecule has 0 aliphatic heterocycles. The smallest absolute Gasteiger partial charge is 0.167 e. The number of rotatable bonds is 1. The van der Waals surface area contributed by atoms with Crippen molar-refractivity contribution in [1.29, 1.82) is 0 Å². The molecule has 0 heterocycles. The van der Waals surface area contributed by atoms with Crippen molar-refractivity contribution in [3.63, 3.8) is 0 Å². The topological polar surface area (TPSA) is 51.2 Å². The zero-order chi connectivity index (χ0) is 13.6. The van der Waals surface area contributed by atoms with Gasteiger partial charge in [-0.2, -0.15) is 0 Å². The first-order valence-corrected chi connectivity index (χ1v) is 6.78. The van der Waals surface area contributed by atoms with Gasteiger partial charge in [0.05, 0.1) is 5.92 Å². The van der Waals surface area contributed by atoms with Crippen LogP contribution in [0, 0.1) is 17.8 Å². The van der Waals surface area contributed by atoms with Gasteiger partial charge in [0.2, 0.25) is 0 Å². The van der Waals surface area contributed by atoms with E-state index in [0.717, 1.165) is 11.1 Å². The van der Waals surface area contributed by atoms with Crippen molar-refractivity contribution in [2.24, 2.45) is 17.8 Å². The molecule has 3 rings (SSSR count). The maximum atomic E-state index is 12.4. The average Bonchev–Trinajstić information content (AvgIpc) is 2.74. The van der Waals surface area contributed by atoms with Crippen LogP contribution in [0.2, 0.25) is 0 Å². The first-order valence-electron chi connectivity index (χ1n) is 6.78. The summed E-state index contributed by atoms with van der Waals surface area (Å²) in [5.41, 5.74) is 1.79. The second-order valence-electron chi connectivity index (χ2n) is 5.57. The first kappa shape index (κ1) is 12.3. The molecule has 0 saturated heterocycles. The molecule has 0 radical (unpaired) electrons. The van der Waals surface area contributed by atoms with Gasteiger partial charge in [-0.3, -0.25) is 14.4 Å². The minimum atomic E-state index is -0.532. The van der Waals surface area contributed by atoms with Gasteiger partial charge < -0.3 is 0 Å². The molecule has 0 bridgehead atoms. The van der Waals surface area contributed by atoms with Gasteiger partial charge in [-0.05, 0) is 25.3 Å². The molecule has 2 aliphatic rings. The molecule has 1 aromatic carbocycles. The summed E-state index contributed by atoms with van der Waals surface area (Å²) in [6.07, 6.45) is 1.61. The van der Waals surface area contributed by atoms with Crippen LogP contribution in [0.15, 0.2) is 24.3 Å². The Bertz CT molecular complexity index is 573. The van der Waals surface area contributed by atoms with Crippen molar-refractivity contribution < 1.29 is 14.4 Å². The minimum Gasteiger partial charge on any atom is -0.299 e. The molecule has 0 aromatic heterocycles. The van der Waals surface area contributed by atoms with Gasteiger partial charge in [-0.1, -0.05) is 24.3 Å². The van der Waals surface area contributed by atoms with Gasteiger partial charge in [0.25, 0.3) is 0 Å². The molecule has 19 heavy (non-hydrogen) atoms. The minimum absolute atomic E-state index is 0.0178. The van der Waals surface area contributed by atoms with Crippen molar-refractivity contribution in [3.8, 4) is 0 Å². The summed E-state index contributed by atoms with van der Waals surface area (Å²) in [5.74, 6) is -0.995. The van der Waals surface area contributed by atoms with Crippen LogP contribution in [0.5, 0.6) is 0 Å². The highest BCUT2D eigenvalue weighted by Gasteiger charge is 2.44. The third-order valence-electron chi connectivity index (χ3n) is 4.52. The maximum Gasteiger partial charge on any atom is 0.167 e. The van der Waals surface area contributed by atoms with Crippen LogP contribution in [-0.4, -0.2) is 17.3 Å². The highest BCUT2D eigenvalue weighted by atomic mass is 16.2. The van der Waals surface area contributed by atoms with Crippen molar-refractivity contribution in [1.82, 2.24) is 0 Å². The van der Waals surface area contributed by atoms with Gasteiger partial charge >= 0.3 is 0 Å².